The molecule has 6 heteroatoms. The molecule has 0 atom stereocenters. The van der Waals surface area contributed by atoms with E-state index in [-0.39, 0.29) is 12.4 Å². The number of nitrogens with zero attached hydrogens (tertiary/aromatic N) is 2. The Hall–Kier alpha value is -2.37. The summed E-state index contributed by atoms with van der Waals surface area (Å²) in [5.41, 5.74) is 0.599. The van der Waals surface area contributed by atoms with Crippen molar-refractivity contribution in [2.75, 3.05) is 0 Å². The SMILES string of the molecule is Cc1c(Oc2ccc(F)cc2)cnn1CC(=O)O. The highest BCUT2D eigenvalue weighted by Crippen LogP contribution is 2.24. The molecule has 2 rings (SSSR count). The van der Waals surface area contributed by atoms with Gasteiger partial charge in [-0.15, -0.1) is 0 Å². The molecule has 1 aromatic heterocycles. The van der Waals surface area contributed by atoms with E-state index in [0.29, 0.717) is 17.2 Å². The van der Waals surface area contributed by atoms with Gasteiger partial charge in [-0.25, -0.2) is 4.39 Å². The summed E-state index contributed by atoms with van der Waals surface area (Å²) in [5, 5.41) is 12.6. The smallest absolute Gasteiger partial charge is 0.325 e. The Labute approximate surface area is 102 Å². The molecule has 0 amide bonds. The van der Waals surface area contributed by atoms with Gasteiger partial charge in [0, 0.05) is 0 Å². The molecule has 0 aliphatic carbocycles. The van der Waals surface area contributed by atoms with Crippen LogP contribution in [0, 0.1) is 12.7 Å². The molecule has 0 saturated carbocycles. The third-order valence-electron chi connectivity index (χ3n) is 2.38. The number of carboxylic acids is 1. The lowest BCUT2D eigenvalue weighted by Gasteiger charge is -2.05. The summed E-state index contributed by atoms with van der Waals surface area (Å²) in [6, 6.07) is 5.55. The molecule has 0 fully saturated rings. The minimum Gasteiger partial charge on any atom is -0.480 e. The average molecular weight is 250 g/mol. The second-order valence-corrected chi connectivity index (χ2v) is 3.70. The van der Waals surface area contributed by atoms with Crippen LogP contribution in [-0.2, 0) is 11.3 Å². The topological polar surface area (TPSA) is 64.4 Å². The summed E-state index contributed by atoms with van der Waals surface area (Å²) in [4.78, 5) is 10.6. The first kappa shape index (κ1) is 12.1. The maximum atomic E-state index is 12.7. The molecule has 2 aromatic rings. The Kier molecular flexibility index (Phi) is 3.27. The van der Waals surface area contributed by atoms with Crippen LogP contribution in [0.5, 0.6) is 11.5 Å². The van der Waals surface area contributed by atoms with Crippen LogP contribution < -0.4 is 4.74 Å². The van der Waals surface area contributed by atoms with Crippen LogP contribution in [0.3, 0.4) is 0 Å². The van der Waals surface area contributed by atoms with Crippen LogP contribution in [-0.4, -0.2) is 20.9 Å². The quantitative estimate of drug-likeness (QED) is 0.903. The first-order valence-electron chi connectivity index (χ1n) is 5.24. The lowest BCUT2D eigenvalue weighted by atomic mass is 10.3. The molecule has 5 nitrogen and oxygen atoms in total. The third-order valence-corrected chi connectivity index (χ3v) is 2.38. The van der Waals surface area contributed by atoms with Crippen molar-refractivity contribution in [3.63, 3.8) is 0 Å². The lowest BCUT2D eigenvalue weighted by Crippen LogP contribution is -2.11. The summed E-state index contributed by atoms with van der Waals surface area (Å²) in [7, 11) is 0. The first-order valence-corrected chi connectivity index (χ1v) is 5.24. The monoisotopic (exact) mass is 250 g/mol. The van der Waals surface area contributed by atoms with Crippen molar-refractivity contribution in [1.82, 2.24) is 9.78 Å². The van der Waals surface area contributed by atoms with Crippen molar-refractivity contribution < 1.29 is 19.0 Å². The summed E-state index contributed by atoms with van der Waals surface area (Å²) >= 11 is 0. The number of halogens is 1. The van der Waals surface area contributed by atoms with Crippen LogP contribution >= 0.6 is 0 Å². The molecule has 1 heterocycles. The molecule has 1 aromatic carbocycles. The zero-order chi connectivity index (χ0) is 13.1. The van der Waals surface area contributed by atoms with E-state index in [1.165, 1.54) is 35.1 Å². The van der Waals surface area contributed by atoms with Gasteiger partial charge in [0.1, 0.15) is 18.1 Å². The normalized spacial score (nSPS) is 10.3. The Morgan fingerprint density at radius 2 is 2.11 bits per heavy atom. The molecule has 18 heavy (non-hydrogen) atoms. The molecule has 0 aliphatic rings. The van der Waals surface area contributed by atoms with Gasteiger partial charge in [-0.1, -0.05) is 0 Å². The fourth-order valence-electron chi connectivity index (χ4n) is 1.45. The number of benzene rings is 1. The van der Waals surface area contributed by atoms with Crippen molar-refractivity contribution in [2.24, 2.45) is 0 Å². The van der Waals surface area contributed by atoms with Crippen LogP contribution in [0.1, 0.15) is 5.69 Å². The van der Waals surface area contributed by atoms with Gasteiger partial charge in [-0.2, -0.15) is 5.10 Å². The van der Waals surface area contributed by atoms with E-state index >= 15 is 0 Å². The average Bonchev–Trinajstić information content (AvgIpc) is 2.64. The molecular weight excluding hydrogens is 239 g/mol. The van der Waals surface area contributed by atoms with Gasteiger partial charge in [0.2, 0.25) is 0 Å². The Morgan fingerprint density at radius 1 is 1.44 bits per heavy atom. The van der Waals surface area contributed by atoms with Gasteiger partial charge in [0.05, 0.1) is 11.9 Å². The van der Waals surface area contributed by atoms with E-state index in [0.717, 1.165) is 0 Å². The van der Waals surface area contributed by atoms with E-state index in [1.807, 2.05) is 0 Å². The van der Waals surface area contributed by atoms with Gasteiger partial charge in [-0.3, -0.25) is 9.48 Å². The molecule has 0 saturated heterocycles. The Balaban J connectivity index is 2.17. The van der Waals surface area contributed by atoms with Crippen molar-refractivity contribution in [2.45, 2.75) is 13.5 Å². The van der Waals surface area contributed by atoms with Crippen LogP contribution in [0.2, 0.25) is 0 Å². The van der Waals surface area contributed by atoms with Gasteiger partial charge in [0.15, 0.2) is 5.75 Å². The fourth-order valence-corrected chi connectivity index (χ4v) is 1.45. The molecule has 1 N–H and O–H groups in total. The maximum Gasteiger partial charge on any atom is 0.325 e. The highest BCUT2D eigenvalue weighted by molar-refractivity contribution is 5.66. The van der Waals surface area contributed by atoms with Crippen molar-refractivity contribution >= 4 is 5.97 Å². The lowest BCUT2D eigenvalue weighted by molar-refractivity contribution is -0.137. The summed E-state index contributed by atoms with van der Waals surface area (Å²) < 4.78 is 19.5. The Morgan fingerprint density at radius 3 is 2.72 bits per heavy atom. The van der Waals surface area contributed by atoms with Crippen LogP contribution in [0.4, 0.5) is 4.39 Å². The fraction of sp³-hybridized carbons (Fsp3) is 0.167. The predicted molar refractivity (Wildman–Crippen MR) is 61.1 cm³/mol. The molecule has 94 valence electrons. The van der Waals surface area contributed by atoms with Crippen LogP contribution in [0.15, 0.2) is 30.5 Å². The maximum absolute atomic E-state index is 12.7. The number of carbonyl (C=O) groups is 1. The van der Waals surface area contributed by atoms with Gasteiger partial charge >= 0.3 is 5.97 Å². The van der Waals surface area contributed by atoms with E-state index in [9.17, 15) is 9.18 Å². The van der Waals surface area contributed by atoms with E-state index in [4.69, 9.17) is 9.84 Å². The highest BCUT2D eigenvalue weighted by atomic mass is 19.1. The second-order valence-electron chi connectivity index (χ2n) is 3.70. The number of rotatable bonds is 4. The summed E-state index contributed by atoms with van der Waals surface area (Å²) in [5.74, 6) is -0.410. The standard InChI is InChI=1S/C12H11FN2O3/c1-8-11(6-14-15(8)7-12(16)17)18-10-4-2-9(13)3-5-10/h2-6H,7H2,1H3,(H,16,17). The number of hydrogen-bond donors (Lipinski definition) is 1. The number of ether oxygens (including phenoxy) is 1. The minimum absolute atomic E-state index is 0.224. The first-order chi connectivity index (χ1) is 8.56. The zero-order valence-electron chi connectivity index (χ0n) is 9.63. The molecule has 0 bridgehead atoms. The van der Waals surface area contributed by atoms with E-state index < -0.39 is 5.97 Å². The number of aliphatic carboxylic acids is 1. The van der Waals surface area contributed by atoms with Crippen molar-refractivity contribution in [3.8, 4) is 11.5 Å². The highest BCUT2D eigenvalue weighted by Gasteiger charge is 2.10. The van der Waals surface area contributed by atoms with E-state index in [1.54, 1.807) is 6.92 Å². The minimum atomic E-state index is -0.977. The molecule has 0 spiro atoms. The number of aromatic nitrogens is 2. The van der Waals surface area contributed by atoms with Gasteiger partial charge in [0.25, 0.3) is 0 Å². The third kappa shape index (κ3) is 2.65. The summed E-state index contributed by atoms with van der Waals surface area (Å²) in [6.45, 7) is 1.48. The summed E-state index contributed by atoms with van der Waals surface area (Å²) in [6.07, 6.45) is 1.43. The Bertz CT molecular complexity index is 563. The molecule has 0 radical (unpaired) electrons. The van der Waals surface area contributed by atoms with Gasteiger partial charge in [-0.05, 0) is 31.2 Å². The molecule has 0 aliphatic heterocycles. The number of hydrogen-bond acceptors (Lipinski definition) is 3. The largest absolute Gasteiger partial charge is 0.480 e. The zero-order valence-corrected chi connectivity index (χ0v) is 9.63. The van der Waals surface area contributed by atoms with Crippen LogP contribution in [0.25, 0.3) is 0 Å². The second kappa shape index (κ2) is 4.87. The van der Waals surface area contributed by atoms with E-state index in [2.05, 4.69) is 5.10 Å². The predicted octanol–water partition coefficient (Wildman–Crippen LogP) is 2.21. The molecular formula is C12H11FN2O3. The number of carboxylic acid groups (broad SMARTS) is 1. The van der Waals surface area contributed by atoms with Crippen molar-refractivity contribution in [3.05, 3.63) is 42.0 Å². The van der Waals surface area contributed by atoms with Gasteiger partial charge < -0.3 is 9.84 Å². The van der Waals surface area contributed by atoms with Crippen molar-refractivity contribution in [1.29, 1.82) is 0 Å². The molecule has 0 unspecified atom stereocenters.